The molecular formula is C25H18Cl3N3O3. The van der Waals surface area contributed by atoms with Gasteiger partial charge in [-0.25, -0.2) is 4.98 Å². The quantitative estimate of drug-likeness (QED) is 0.301. The van der Waals surface area contributed by atoms with Crippen LogP contribution in [0.15, 0.2) is 52.9 Å². The topological polar surface area (TPSA) is 84.2 Å². The summed E-state index contributed by atoms with van der Waals surface area (Å²) in [4.78, 5) is 29.6. The lowest BCUT2D eigenvalue weighted by molar-refractivity contribution is -0.114. The van der Waals surface area contributed by atoms with E-state index in [1.807, 2.05) is 18.2 Å². The Morgan fingerprint density at radius 2 is 1.68 bits per heavy atom. The van der Waals surface area contributed by atoms with Gasteiger partial charge in [0.25, 0.3) is 5.91 Å². The van der Waals surface area contributed by atoms with Crippen molar-refractivity contribution in [1.82, 2.24) is 10.3 Å². The molecule has 0 aliphatic heterocycles. The number of carbonyl (C=O) groups excluding carboxylic acids is 2. The first-order valence-electron chi connectivity index (χ1n) is 10.6. The van der Waals surface area contributed by atoms with Gasteiger partial charge in [0, 0.05) is 34.1 Å². The standard InChI is InChI=1S/C25H18Cl3N3O3/c1-12(32)29-22-19-11-18(13-2-4-14(26)5-3-13)21(17-9-6-15(27)10-20(17)28)31-25(19)34-23(22)24(33)30-16-7-8-16/h2-6,9-11,16H,7-8H2,1H3,(H,29,32)(H,30,33). The fourth-order valence-electron chi connectivity index (χ4n) is 3.70. The second kappa shape index (κ2) is 8.95. The Labute approximate surface area is 210 Å². The second-order valence-electron chi connectivity index (χ2n) is 8.10. The summed E-state index contributed by atoms with van der Waals surface area (Å²) in [7, 11) is 0. The van der Waals surface area contributed by atoms with Crippen LogP contribution >= 0.6 is 34.8 Å². The van der Waals surface area contributed by atoms with Gasteiger partial charge in [0.1, 0.15) is 5.69 Å². The van der Waals surface area contributed by atoms with E-state index in [2.05, 4.69) is 10.6 Å². The van der Waals surface area contributed by atoms with Gasteiger partial charge in [0.05, 0.1) is 16.1 Å². The number of amides is 2. The number of carbonyl (C=O) groups is 2. The summed E-state index contributed by atoms with van der Waals surface area (Å²) >= 11 is 18.7. The van der Waals surface area contributed by atoms with Crippen molar-refractivity contribution in [3.63, 3.8) is 0 Å². The zero-order valence-corrected chi connectivity index (χ0v) is 20.2. The van der Waals surface area contributed by atoms with E-state index in [1.165, 1.54) is 6.92 Å². The van der Waals surface area contributed by atoms with E-state index in [0.717, 1.165) is 24.0 Å². The first kappa shape index (κ1) is 22.7. The zero-order valence-electron chi connectivity index (χ0n) is 17.9. The van der Waals surface area contributed by atoms with Crippen LogP contribution in [0.3, 0.4) is 0 Å². The molecule has 2 N–H and O–H groups in total. The SMILES string of the molecule is CC(=O)Nc1c(C(=O)NC2CC2)oc2nc(-c3ccc(Cl)cc3Cl)c(-c3ccc(Cl)cc3)cc12. The van der Waals surface area contributed by atoms with Crippen LogP contribution in [0.5, 0.6) is 0 Å². The molecule has 0 unspecified atom stereocenters. The summed E-state index contributed by atoms with van der Waals surface area (Å²) in [6.45, 7) is 1.37. The summed E-state index contributed by atoms with van der Waals surface area (Å²) in [5.74, 6) is -0.726. The van der Waals surface area contributed by atoms with Crippen LogP contribution in [0.2, 0.25) is 15.1 Å². The molecule has 5 rings (SSSR count). The number of nitrogens with one attached hydrogen (secondary N) is 2. The van der Waals surface area contributed by atoms with Crippen LogP contribution in [-0.2, 0) is 4.79 Å². The van der Waals surface area contributed by atoms with Gasteiger partial charge in [-0.05, 0) is 54.8 Å². The first-order chi connectivity index (χ1) is 16.3. The molecule has 34 heavy (non-hydrogen) atoms. The Kier molecular flexibility index (Phi) is 5.98. The molecule has 1 aliphatic carbocycles. The van der Waals surface area contributed by atoms with Crippen LogP contribution in [0.25, 0.3) is 33.5 Å². The number of hydrogen-bond acceptors (Lipinski definition) is 4. The highest BCUT2D eigenvalue weighted by atomic mass is 35.5. The Morgan fingerprint density at radius 3 is 2.32 bits per heavy atom. The van der Waals surface area contributed by atoms with E-state index < -0.39 is 5.91 Å². The van der Waals surface area contributed by atoms with Gasteiger partial charge in [-0.2, -0.15) is 0 Å². The average molecular weight is 515 g/mol. The number of hydrogen-bond donors (Lipinski definition) is 2. The molecule has 9 heteroatoms. The molecule has 0 bridgehead atoms. The van der Waals surface area contributed by atoms with Crippen molar-refractivity contribution in [1.29, 1.82) is 0 Å². The van der Waals surface area contributed by atoms with Crippen molar-refractivity contribution in [3.05, 3.63) is 69.4 Å². The lowest BCUT2D eigenvalue weighted by atomic mass is 9.98. The van der Waals surface area contributed by atoms with Crippen molar-refractivity contribution in [2.75, 3.05) is 5.32 Å². The predicted octanol–water partition coefficient (Wildman–Crippen LogP) is 6.97. The van der Waals surface area contributed by atoms with E-state index >= 15 is 0 Å². The van der Waals surface area contributed by atoms with Crippen molar-refractivity contribution < 1.29 is 14.0 Å². The van der Waals surface area contributed by atoms with Crippen LogP contribution in [-0.4, -0.2) is 22.8 Å². The third-order valence-electron chi connectivity index (χ3n) is 5.44. The molecule has 2 aromatic carbocycles. The minimum Gasteiger partial charge on any atom is -0.430 e. The number of rotatable bonds is 5. The van der Waals surface area contributed by atoms with Gasteiger partial charge < -0.3 is 15.1 Å². The lowest BCUT2D eigenvalue weighted by Crippen LogP contribution is -2.26. The molecule has 4 aromatic rings. The molecule has 0 radical (unpaired) electrons. The van der Waals surface area contributed by atoms with Gasteiger partial charge in [-0.3, -0.25) is 9.59 Å². The van der Waals surface area contributed by atoms with E-state index in [9.17, 15) is 9.59 Å². The number of fused-ring (bicyclic) bond motifs is 1. The molecule has 6 nitrogen and oxygen atoms in total. The summed E-state index contributed by atoms with van der Waals surface area (Å²) in [6.07, 6.45) is 1.83. The summed E-state index contributed by atoms with van der Waals surface area (Å²) in [5, 5.41) is 7.62. The number of aromatic nitrogens is 1. The van der Waals surface area contributed by atoms with Crippen molar-refractivity contribution in [2.45, 2.75) is 25.8 Å². The predicted molar refractivity (Wildman–Crippen MR) is 135 cm³/mol. The van der Waals surface area contributed by atoms with Crippen LogP contribution in [0.1, 0.15) is 30.3 Å². The summed E-state index contributed by atoms with van der Waals surface area (Å²) < 4.78 is 5.90. The molecular weight excluding hydrogens is 497 g/mol. The van der Waals surface area contributed by atoms with Crippen molar-refractivity contribution in [2.24, 2.45) is 0 Å². The van der Waals surface area contributed by atoms with Gasteiger partial charge in [0.2, 0.25) is 17.4 Å². The third-order valence-corrected chi connectivity index (χ3v) is 6.24. The molecule has 1 aliphatic rings. The highest BCUT2D eigenvalue weighted by Crippen LogP contribution is 2.41. The Balaban J connectivity index is 1.77. The minimum atomic E-state index is -0.400. The maximum Gasteiger partial charge on any atom is 0.289 e. The molecule has 0 saturated heterocycles. The molecule has 2 aromatic heterocycles. The van der Waals surface area contributed by atoms with E-state index in [1.54, 1.807) is 30.3 Å². The molecule has 2 heterocycles. The molecule has 1 fully saturated rings. The molecule has 172 valence electrons. The lowest BCUT2D eigenvalue weighted by Gasteiger charge is -2.12. The monoisotopic (exact) mass is 513 g/mol. The maximum absolute atomic E-state index is 12.9. The fourth-order valence-corrected chi connectivity index (χ4v) is 4.32. The number of anilines is 1. The number of halogens is 3. The second-order valence-corrected chi connectivity index (χ2v) is 9.38. The smallest absolute Gasteiger partial charge is 0.289 e. The van der Waals surface area contributed by atoms with Gasteiger partial charge >= 0.3 is 0 Å². The van der Waals surface area contributed by atoms with Gasteiger partial charge in [-0.15, -0.1) is 0 Å². The van der Waals surface area contributed by atoms with Crippen molar-refractivity contribution in [3.8, 4) is 22.4 Å². The minimum absolute atomic E-state index is 0.00556. The third kappa shape index (κ3) is 4.49. The Morgan fingerprint density at radius 1 is 0.971 bits per heavy atom. The largest absolute Gasteiger partial charge is 0.430 e. The molecule has 0 spiro atoms. The van der Waals surface area contributed by atoms with Crippen LogP contribution in [0, 0.1) is 0 Å². The number of pyridine rings is 1. The zero-order chi connectivity index (χ0) is 24.0. The maximum atomic E-state index is 12.9. The van der Waals surface area contributed by atoms with Crippen molar-refractivity contribution >= 4 is 63.4 Å². The highest BCUT2D eigenvalue weighted by molar-refractivity contribution is 6.36. The van der Waals surface area contributed by atoms with E-state index in [0.29, 0.717) is 31.7 Å². The Bertz CT molecular complexity index is 1440. The van der Waals surface area contributed by atoms with Gasteiger partial charge in [0.15, 0.2) is 0 Å². The molecule has 2 amide bonds. The molecule has 1 saturated carbocycles. The van der Waals surface area contributed by atoms with E-state index in [4.69, 9.17) is 44.2 Å². The van der Waals surface area contributed by atoms with Crippen LogP contribution in [0.4, 0.5) is 5.69 Å². The number of benzene rings is 2. The van der Waals surface area contributed by atoms with Gasteiger partial charge in [-0.1, -0.05) is 46.9 Å². The summed E-state index contributed by atoms with van der Waals surface area (Å²) in [6, 6.07) is 14.3. The molecule has 0 atom stereocenters. The fraction of sp³-hybridized carbons (Fsp3) is 0.160. The highest BCUT2D eigenvalue weighted by Gasteiger charge is 2.29. The Hall–Kier alpha value is -3.06. The number of furan rings is 1. The van der Waals surface area contributed by atoms with E-state index in [-0.39, 0.29) is 29.1 Å². The normalized spacial score (nSPS) is 13.2. The average Bonchev–Trinajstić information content (AvgIpc) is 3.53. The van der Waals surface area contributed by atoms with Crippen LogP contribution < -0.4 is 10.6 Å². The first-order valence-corrected chi connectivity index (χ1v) is 11.7. The summed E-state index contributed by atoms with van der Waals surface area (Å²) in [5.41, 5.74) is 3.18. The number of nitrogens with zero attached hydrogens (tertiary/aromatic N) is 1.